The minimum absolute atomic E-state index is 0.855. The molecule has 0 unspecified atom stereocenters. The third-order valence-corrected chi connectivity index (χ3v) is 3.06. The maximum atomic E-state index is 5.81. The van der Waals surface area contributed by atoms with Crippen LogP contribution in [0.15, 0.2) is 18.2 Å². The van der Waals surface area contributed by atoms with Gasteiger partial charge in [0.2, 0.25) is 0 Å². The van der Waals surface area contributed by atoms with Gasteiger partial charge >= 0.3 is 0 Å². The number of benzene rings is 1. The van der Waals surface area contributed by atoms with E-state index in [1.807, 2.05) is 6.07 Å². The van der Waals surface area contributed by atoms with Crippen LogP contribution in [0.4, 0.5) is 5.69 Å². The molecule has 0 radical (unpaired) electrons. The Balaban J connectivity index is 1.99. The largest absolute Gasteiger partial charge is 0.399 e. The van der Waals surface area contributed by atoms with E-state index in [0.29, 0.717) is 0 Å². The second kappa shape index (κ2) is 5.32. The molecule has 1 fully saturated rings. The van der Waals surface area contributed by atoms with Crippen LogP contribution in [0.5, 0.6) is 0 Å². The molecule has 1 saturated heterocycles. The topological polar surface area (TPSA) is 38.5 Å². The Labute approximate surface area is 97.2 Å². The van der Waals surface area contributed by atoms with Crippen LogP contribution in [-0.4, -0.2) is 31.2 Å². The molecule has 88 valence electrons. The first-order valence-corrected chi connectivity index (χ1v) is 5.91. The Kier molecular flexibility index (Phi) is 3.80. The zero-order valence-corrected chi connectivity index (χ0v) is 9.91. The molecule has 3 heteroatoms. The van der Waals surface area contributed by atoms with Crippen molar-refractivity contribution < 1.29 is 4.74 Å². The van der Waals surface area contributed by atoms with Crippen molar-refractivity contribution in [2.75, 3.05) is 32.0 Å². The first-order valence-electron chi connectivity index (χ1n) is 5.91. The normalized spacial score (nSPS) is 18.3. The van der Waals surface area contributed by atoms with Crippen molar-refractivity contribution in [1.82, 2.24) is 4.90 Å². The molecular formula is C13H20N2O. The molecule has 1 aliphatic heterocycles. The monoisotopic (exact) mass is 220 g/mol. The molecule has 0 saturated carbocycles. The second-order valence-corrected chi connectivity index (χ2v) is 4.43. The second-order valence-electron chi connectivity index (χ2n) is 4.43. The number of nitrogen functional groups attached to an aromatic ring is 1. The van der Waals surface area contributed by atoms with Crippen LogP contribution < -0.4 is 5.73 Å². The standard InChI is InChI=1S/C13H20N2O/c1-11-9-12(3-4-13(11)14)10-15-5-2-7-16-8-6-15/h3-4,9H,2,5-8,10,14H2,1H3. The summed E-state index contributed by atoms with van der Waals surface area (Å²) in [4.78, 5) is 2.44. The number of ether oxygens (including phenoxy) is 1. The molecule has 0 aromatic heterocycles. The number of nitrogens with zero attached hydrogens (tertiary/aromatic N) is 1. The van der Waals surface area contributed by atoms with Gasteiger partial charge in [-0.3, -0.25) is 4.90 Å². The third-order valence-electron chi connectivity index (χ3n) is 3.06. The molecule has 1 aromatic rings. The molecule has 1 heterocycles. The first kappa shape index (κ1) is 11.4. The van der Waals surface area contributed by atoms with Crippen molar-refractivity contribution in [2.45, 2.75) is 19.9 Å². The number of rotatable bonds is 2. The van der Waals surface area contributed by atoms with Crippen molar-refractivity contribution in [3.8, 4) is 0 Å². The zero-order chi connectivity index (χ0) is 11.4. The van der Waals surface area contributed by atoms with E-state index in [4.69, 9.17) is 10.5 Å². The van der Waals surface area contributed by atoms with E-state index in [9.17, 15) is 0 Å². The molecule has 3 nitrogen and oxygen atoms in total. The Morgan fingerprint density at radius 3 is 3.00 bits per heavy atom. The number of aryl methyl sites for hydroxylation is 1. The van der Waals surface area contributed by atoms with Gasteiger partial charge in [-0.1, -0.05) is 12.1 Å². The third kappa shape index (κ3) is 2.97. The highest BCUT2D eigenvalue weighted by Gasteiger charge is 2.09. The molecule has 0 atom stereocenters. The van der Waals surface area contributed by atoms with Crippen LogP contribution in [0.3, 0.4) is 0 Å². The Hall–Kier alpha value is -1.06. The van der Waals surface area contributed by atoms with E-state index in [1.165, 1.54) is 11.1 Å². The molecule has 0 bridgehead atoms. The van der Waals surface area contributed by atoms with E-state index >= 15 is 0 Å². The van der Waals surface area contributed by atoms with Gasteiger partial charge in [0.05, 0.1) is 6.61 Å². The van der Waals surface area contributed by atoms with Gasteiger partial charge in [0.15, 0.2) is 0 Å². The van der Waals surface area contributed by atoms with E-state index in [-0.39, 0.29) is 0 Å². The first-order chi connectivity index (χ1) is 7.75. The van der Waals surface area contributed by atoms with Gasteiger partial charge in [-0.15, -0.1) is 0 Å². The summed E-state index contributed by atoms with van der Waals surface area (Å²) in [5.74, 6) is 0. The van der Waals surface area contributed by atoms with E-state index in [2.05, 4.69) is 24.0 Å². The maximum Gasteiger partial charge on any atom is 0.0593 e. The summed E-state index contributed by atoms with van der Waals surface area (Å²) < 4.78 is 5.44. The lowest BCUT2D eigenvalue weighted by molar-refractivity contribution is 0.140. The molecule has 2 rings (SSSR count). The fraction of sp³-hybridized carbons (Fsp3) is 0.538. The van der Waals surface area contributed by atoms with Gasteiger partial charge in [-0.25, -0.2) is 0 Å². The van der Waals surface area contributed by atoms with Crippen molar-refractivity contribution in [3.63, 3.8) is 0 Å². The average Bonchev–Trinajstić information content (AvgIpc) is 2.52. The summed E-state index contributed by atoms with van der Waals surface area (Å²) in [6, 6.07) is 6.30. The van der Waals surface area contributed by atoms with Crippen molar-refractivity contribution in [3.05, 3.63) is 29.3 Å². The van der Waals surface area contributed by atoms with Gasteiger partial charge in [0, 0.05) is 31.9 Å². The van der Waals surface area contributed by atoms with Crippen LogP contribution in [0.2, 0.25) is 0 Å². The Morgan fingerprint density at radius 2 is 2.19 bits per heavy atom. The maximum absolute atomic E-state index is 5.81. The summed E-state index contributed by atoms with van der Waals surface area (Å²) in [6.45, 7) is 6.98. The highest BCUT2D eigenvalue weighted by atomic mass is 16.5. The van der Waals surface area contributed by atoms with Crippen molar-refractivity contribution in [1.29, 1.82) is 0 Å². The van der Waals surface area contributed by atoms with Gasteiger partial charge < -0.3 is 10.5 Å². The van der Waals surface area contributed by atoms with Gasteiger partial charge in [-0.05, 0) is 30.5 Å². The highest BCUT2D eigenvalue weighted by molar-refractivity contribution is 5.47. The zero-order valence-electron chi connectivity index (χ0n) is 9.91. The van der Waals surface area contributed by atoms with Crippen molar-refractivity contribution >= 4 is 5.69 Å². The average molecular weight is 220 g/mol. The number of anilines is 1. The molecule has 0 amide bonds. The molecule has 0 spiro atoms. The predicted octanol–water partition coefficient (Wildman–Crippen LogP) is 1.80. The van der Waals surface area contributed by atoms with Gasteiger partial charge in [-0.2, -0.15) is 0 Å². The smallest absolute Gasteiger partial charge is 0.0593 e. The number of hydrogen-bond acceptors (Lipinski definition) is 3. The fourth-order valence-electron chi connectivity index (χ4n) is 2.05. The van der Waals surface area contributed by atoms with Crippen LogP contribution in [0, 0.1) is 6.92 Å². The Morgan fingerprint density at radius 1 is 1.31 bits per heavy atom. The summed E-state index contributed by atoms with van der Waals surface area (Å²) >= 11 is 0. The molecule has 1 aliphatic rings. The highest BCUT2D eigenvalue weighted by Crippen LogP contribution is 2.14. The van der Waals surface area contributed by atoms with E-state index in [1.54, 1.807) is 0 Å². The quantitative estimate of drug-likeness (QED) is 0.772. The number of nitrogens with two attached hydrogens (primary N) is 1. The SMILES string of the molecule is Cc1cc(CN2CCCOCC2)ccc1N. The fourth-order valence-corrected chi connectivity index (χ4v) is 2.05. The van der Waals surface area contributed by atoms with Gasteiger partial charge in [0.1, 0.15) is 0 Å². The minimum atomic E-state index is 0.855. The Bertz CT molecular complexity index is 344. The van der Waals surface area contributed by atoms with E-state index < -0.39 is 0 Å². The summed E-state index contributed by atoms with van der Waals surface area (Å²) in [5, 5.41) is 0. The molecule has 0 aliphatic carbocycles. The summed E-state index contributed by atoms with van der Waals surface area (Å²) in [7, 11) is 0. The van der Waals surface area contributed by atoms with Crippen LogP contribution in [0.25, 0.3) is 0 Å². The summed E-state index contributed by atoms with van der Waals surface area (Å²) in [6.07, 6.45) is 1.13. The van der Waals surface area contributed by atoms with E-state index in [0.717, 1.165) is 45.0 Å². The lowest BCUT2D eigenvalue weighted by atomic mass is 10.1. The summed E-state index contributed by atoms with van der Waals surface area (Å²) in [5.41, 5.74) is 9.20. The molecule has 2 N–H and O–H groups in total. The molecule has 16 heavy (non-hydrogen) atoms. The predicted molar refractivity (Wildman–Crippen MR) is 66.3 cm³/mol. The lowest BCUT2D eigenvalue weighted by Crippen LogP contribution is -2.25. The number of hydrogen-bond donors (Lipinski definition) is 1. The lowest BCUT2D eigenvalue weighted by Gasteiger charge is -2.19. The van der Waals surface area contributed by atoms with Crippen LogP contribution >= 0.6 is 0 Å². The van der Waals surface area contributed by atoms with Crippen LogP contribution in [0.1, 0.15) is 17.5 Å². The minimum Gasteiger partial charge on any atom is -0.399 e. The van der Waals surface area contributed by atoms with Gasteiger partial charge in [0.25, 0.3) is 0 Å². The van der Waals surface area contributed by atoms with Crippen LogP contribution in [-0.2, 0) is 11.3 Å². The van der Waals surface area contributed by atoms with Crippen molar-refractivity contribution in [2.24, 2.45) is 0 Å². The molecule has 1 aromatic carbocycles. The molecular weight excluding hydrogens is 200 g/mol.